The third-order valence-electron chi connectivity index (χ3n) is 7.09. The summed E-state index contributed by atoms with van der Waals surface area (Å²) in [5, 5.41) is 7.07. The highest BCUT2D eigenvalue weighted by Crippen LogP contribution is 2.39. The number of hydrogen-bond donors (Lipinski definition) is 2. The molecule has 1 aliphatic rings. The summed E-state index contributed by atoms with van der Waals surface area (Å²) in [5.41, 5.74) is 6.12. The van der Waals surface area contributed by atoms with Gasteiger partial charge in [0.15, 0.2) is 5.11 Å². The number of ether oxygens (including phenoxy) is 1. The number of nitrogens with one attached hydrogen (secondary N) is 2. The molecule has 0 bridgehead atoms. The zero-order chi connectivity index (χ0) is 28.2. The van der Waals surface area contributed by atoms with E-state index in [1.54, 1.807) is 18.3 Å². The Labute approximate surface area is 239 Å². The van der Waals surface area contributed by atoms with E-state index in [0.29, 0.717) is 17.2 Å². The zero-order valence-electron chi connectivity index (χ0n) is 22.6. The number of benzene rings is 2. The van der Waals surface area contributed by atoms with Gasteiger partial charge in [-0.3, -0.25) is 9.78 Å². The molecule has 2 atom stereocenters. The van der Waals surface area contributed by atoms with Gasteiger partial charge in [0.05, 0.1) is 30.5 Å². The highest BCUT2D eigenvalue weighted by atomic mass is 32.1. The predicted octanol–water partition coefficient (Wildman–Crippen LogP) is 5.28. The third-order valence-corrected chi connectivity index (χ3v) is 7.45. The number of thiocarbonyl (C=S) groups is 1. The Hall–Kier alpha value is -4.50. The average molecular weight is 554 g/mol. The van der Waals surface area contributed by atoms with E-state index >= 15 is 0 Å². The summed E-state index contributed by atoms with van der Waals surface area (Å²) in [6.45, 7) is 4.40. The number of pyridine rings is 1. The van der Waals surface area contributed by atoms with Crippen LogP contribution in [0.2, 0.25) is 0 Å². The van der Waals surface area contributed by atoms with Crippen molar-refractivity contribution in [1.82, 2.24) is 19.8 Å². The summed E-state index contributed by atoms with van der Waals surface area (Å²) in [4.78, 5) is 31.6. The van der Waals surface area contributed by atoms with E-state index in [1.807, 2.05) is 80.7 Å². The maximum Gasteiger partial charge on any atom is 0.337 e. The Morgan fingerprint density at radius 3 is 2.58 bits per heavy atom. The van der Waals surface area contributed by atoms with Gasteiger partial charge in [0.25, 0.3) is 0 Å². The molecule has 2 aromatic heterocycles. The zero-order valence-corrected chi connectivity index (χ0v) is 23.4. The van der Waals surface area contributed by atoms with E-state index < -0.39 is 0 Å². The lowest BCUT2D eigenvalue weighted by atomic mass is 10.0. The Morgan fingerprint density at radius 1 is 1.05 bits per heavy atom. The molecule has 1 aliphatic heterocycles. The lowest BCUT2D eigenvalue weighted by Gasteiger charge is -2.29. The topological polar surface area (TPSA) is 88.5 Å². The number of anilines is 1. The van der Waals surface area contributed by atoms with Crippen molar-refractivity contribution in [1.29, 1.82) is 0 Å². The molecule has 2 N–H and O–H groups in total. The van der Waals surface area contributed by atoms with E-state index in [1.165, 1.54) is 7.11 Å². The van der Waals surface area contributed by atoms with E-state index in [9.17, 15) is 9.59 Å². The van der Waals surface area contributed by atoms with Crippen molar-refractivity contribution in [3.8, 4) is 5.69 Å². The SMILES string of the molecule is COC(=O)c1ccc(-n2cccc2[C@@H]2[C@@H](c3ccccn3)NC(=S)N2CCC(=O)Nc2cc(C)ccc2C)cc1. The van der Waals surface area contributed by atoms with Gasteiger partial charge in [-0.05, 0) is 91.8 Å². The van der Waals surface area contributed by atoms with Gasteiger partial charge in [-0.1, -0.05) is 18.2 Å². The first kappa shape index (κ1) is 27.1. The predicted molar refractivity (Wildman–Crippen MR) is 158 cm³/mol. The molecular formula is C31H31N5O3S. The number of nitrogens with zero attached hydrogens (tertiary/aromatic N) is 3. The Balaban J connectivity index is 1.44. The molecule has 8 nitrogen and oxygen atoms in total. The number of esters is 1. The van der Waals surface area contributed by atoms with Crippen LogP contribution in [0.1, 0.15) is 51.4 Å². The van der Waals surface area contributed by atoms with Gasteiger partial charge in [0.1, 0.15) is 0 Å². The first-order valence-electron chi connectivity index (χ1n) is 13.1. The van der Waals surface area contributed by atoms with Crippen LogP contribution in [0.3, 0.4) is 0 Å². The Kier molecular flexibility index (Phi) is 7.93. The van der Waals surface area contributed by atoms with Crippen LogP contribution in [0.4, 0.5) is 5.69 Å². The second-order valence-electron chi connectivity index (χ2n) is 9.78. The van der Waals surface area contributed by atoms with Gasteiger partial charge >= 0.3 is 5.97 Å². The van der Waals surface area contributed by atoms with Crippen molar-refractivity contribution in [2.45, 2.75) is 32.4 Å². The van der Waals surface area contributed by atoms with Crippen LogP contribution < -0.4 is 10.6 Å². The maximum atomic E-state index is 13.0. The van der Waals surface area contributed by atoms with E-state index in [-0.39, 0.29) is 30.4 Å². The minimum absolute atomic E-state index is 0.0784. The molecule has 0 saturated carbocycles. The van der Waals surface area contributed by atoms with E-state index in [4.69, 9.17) is 17.0 Å². The molecule has 3 heterocycles. The molecule has 204 valence electrons. The lowest BCUT2D eigenvalue weighted by molar-refractivity contribution is -0.116. The summed E-state index contributed by atoms with van der Waals surface area (Å²) in [6, 6.07) is 22.6. The normalized spacial score (nSPS) is 16.5. The molecule has 2 aromatic carbocycles. The third kappa shape index (κ3) is 5.60. The monoisotopic (exact) mass is 553 g/mol. The van der Waals surface area contributed by atoms with Gasteiger partial charge in [0.2, 0.25) is 5.91 Å². The second-order valence-corrected chi connectivity index (χ2v) is 10.2. The molecule has 9 heteroatoms. The van der Waals surface area contributed by atoms with Crippen LogP contribution in [0.25, 0.3) is 5.69 Å². The van der Waals surface area contributed by atoms with Crippen molar-refractivity contribution in [2.75, 3.05) is 19.0 Å². The van der Waals surface area contributed by atoms with Crippen molar-refractivity contribution in [3.63, 3.8) is 0 Å². The van der Waals surface area contributed by atoms with Gasteiger partial charge in [-0.2, -0.15) is 0 Å². The van der Waals surface area contributed by atoms with E-state index in [2.05, 4.69) is 25.1 Å². The van der Waals surface area contributed by atoms with Gasteiger partial charge < -0.3 is 24.8 Å². The van der Waals surface area contributed by atoms with Crippen LogP contribution in [0, 0.1) is 13.8 Å². The minimum Gasteiger partial charge on any atom is -0.465 e. The molecule has 0 aliphatic carbocycles. The maximum absolute atomic E-state index is 13.0. The number of amides is 1. The highest BCUT2D eigenvalue weighted by Gasteiger charge is 2.41. The van der Waals surface area contributed by atoms with Crippen molar-refractivity contribution in [2.24, 2.45) is 0 Å². The van der Waals surface area contributed by atoms with Crippen LogP contribution in [-0.4, -0.2) is 45.1 Å². The molecule has 0 unspecified atom stereocenters. The Bertz CT molecular complexity index is 1530. The smallest absolute Gasteiger partial charge is 0.337 e. The molecule has 1 fully saturated rings. The molecule has 40 heavy (non-hydrogen) atoms. The van der Waals surface area contributed by atoms with Gasteiger partial charge in [-0.15, -0.1) is 0 Å². The number of rotatable bonds is 8. The fraction of sp³-hybridized carbons (Fsp3) is 0.226. The fourth-order valence-corrected chi connectivity index (χ4v) is 5.35. The van der Waals surface area contributed by atoms with E-state index in [0.717, 1.165) is 33.9 Å². The van der Waals surface area contributed by atoms with Crippen LogP contribution in [0.5, 0.6) is 0 Å². The quantitative estimate of drug-likeness (QED) is 0.227. The standard InChI is InChI=1S/C31H31N5O3S/c1-20-9-10-21(2)25(19-20)33-27(37)15-18-36-29(28(34-31(36)40)24-7-4-5-16-32-24)26-8-6-17-35(26)23-13-11-22(12-14-23)30(38)39-3/h4-14,16-17,19,28-29H,15,18H2,1-3H3,(H,33,37)(H,34,40)/t28-,29-/m1/s1. The molecule has 1 amide bonds. The van der Waals surface area contributed by atoms with Gasteiger partial charge in [-0.25, -0.2) is 4.79 Å². The number of methoxy groups -OCH3 is 1. The summed E-state index contributed by atoms with van der Waals surface area (Å²) < 4.78 is 6.91. The summed E-state index contributed by atoms with van der Waals surface area (Å²) in [7, 11) is 1.37. The Morgan fingerprint density at radius 2 is 1.85 bits per heavy atom. The number of hydrogen-bond acceptors (Lipinski definition) is 5. The van der Waals surface area contributed by atoms with Crippen LogP contribution in [0.15, 0.2) is 85.2 Å². The largest absolute Gasteiger partial charge is 0.465 e. The molecular weight excluding hydrogens is 522 g/mol. The van der Waals surface area contributed by atoms with Crippen molar-refractivity contribution < 1.29 is 14.3 Å². The van der Waals surface area contributed by atoms with Crippen LogP contribution >= 0.6 is 12.2 Å². The summed E-state index contributed by atoms with van der Waals surface area (Å²) in [5.74, 6) is -0.463. The van der Waals surface area contributed by atoms with Crippen LogP contribution in [-0.2, 0) is 9.53 Å². The summed E-state index contributed by atoms with van der Waals surface area (Å²) >= 11 is 5.80. The first-order chi connectivity index (χ1) is 19.4. The van der Waals surface area contributed by atoms with Gasteiger partial charge in [0, 0.05) is 42.4 Å². The van der Waals surface area contributed by atoms with Crippen molar-refractivity contribution in [3.05, 3.63) is 113 Å². The molecule has 1 saturated heterocycles. The fourth-order valence-electron chi connectivity index (χ4n) is 5.02. The number of aromatic nitrogens is 2. The highest BCUT2D eigenvalue weighted by molar-refractivity contribution is 7.80. The first-order valence-corrected chi connectivity index (χ1v) is 13.5. The molecule has 0 spiro atoms. The molecule has 5 rings (SSSR count). The number of carbonyl (C=O) groups excluding carboxylic acids is 2. The average Bonchev–Trinajstić information content (AvgIpc) is 3.58. The van der Waals surface area contributed by atoms with Crippen molar-refractivity contribution >= 4 is 34.9 Å². The number of aryl methyl sites for hydroxylation is 2. The minimum atomic E-state index is -0.384. The molecule has 0 radical (unpaired) electrons. The summed E-state index contributed by atoms with van der Waals surface area (Å²) in [6.07, 6.45) is 4.00. The lowest BCUT2D eigenvalue weighted by Crippen LogP contribution is -2.33. The second kappa shape index (κ2) is 11.7. The molecule has 4 aromatic rings. The number of carbonyl (C=O) groups is 2.